The molecule has 1 heterocycles. The van der Waals surface area contributed by atoms with Crippen molar-refractivity contribution in [2.24, 2.45) is 4.99 Å². The highest BCUT2D eigenvalue weighted by Crippen LogP contribution is 2.41. The number of carbonyl (C=O) groups is 1. The molecule has 0 radical (unpaired) electrons. The fourth-order valence-electron chi connectivity index (χ4n) is 4.38. The van der Waals surface area contributed by atoms with Crippen molar-refractivity contribution < 1.29 is 9.53 Å². The molecular weight excluding hydrogens is 537 g/mol. The predicted octanol–water partition coefficient (Wildman–Crippen LogP) is 8.39. The third-order valence-corrected chi connectivity index (χ3v) is 7.93. The van der Waals surface area contributed by atoms with Crippen molar-refractivity contribution in [3.63, 3.8) is 0 Å². The van der Waals surface area contributed by atoms with Gasteiger partial charge in [0.1, 0.15) is 17.4 Å². The Labute approximate surface area is 235 Å². The molecule has 0 unspecified atom stereocenters. The molecule has 1 aliphatic rings. The van der Waals surface area contributed by atoms with Gasteiger partial charge in [0, 0.05) is 27.4 Å². The first-order valence-electron chi connectivity index (χ1n) is 12.2. The predicted molar refractivity (Wildman–Crippen MR) is 155 cm³/mol. The molecule has 0 saturated heterocycles. The van der Waals surface area contributed by atoms with Crippen LogP contribution in [-0.2, 0) is 19.4 Å². The number of fused-ring (bicyclic) bond motifs is 1. The summed E-state index contributed by atoms with van der Waals surface area (Å²) >= 11 is 14.4. The summed E-state index contributed by atoms with van der Waals surface area (Å²) in [4.78, 5) is 19.4. The molecular formula is C30H23Cl2N3O2S. The van der Waals surface area contributed by atoms with Crippen LogP contribution < -0.4 is 10.1 Å². The summed E-state index contributed by atoms with van der Waals surface area (Å²) in [6.07, 6.45) is 5.62. The quantitative estimate of drug-likeness (QED) is 0.231. The number of nitrogens with zero attached hydrogens (tertiary/aromatic N) is 2. The van der Waals surface area contributed by atoms with Gasteiger partial charge in [-0.15, -0.1) is 11.3 Å². The van der Waals surface area contributed by atoms with E-state index in [0.717, 1.165) is 42.5 Å². The smallest absolute Gasteiger partial charge is 0.259 e. The Morgan fingerprint density at radius 2 is 1.84 bits per heavy atom. The number of hydrogen-bond donors (Lipinski definition) is 1. The van der Waals surface area contributed by atoms with E-state index >= 15 is 0 Å². The molecule has 1 aromatic heterocycles. The van der Waals surface area contributed by atoms with Crippen LogP contribution in [0.5, 0.6) is 5.75 Å². The second-order valence-corrected chi connectivity index (χ2v) is 10.8. The number of aryl methyl sites for hydroxylation is 1. The number of carbonyl (C=O) groups excluding carboxylic acids is 1. The van der Waals surface area contributed by atoms with Crippen molar-refractivity contribution in [3.05, 3.63) is 109 Å². The van der Waals surface area contributed by atoms with E-state index < -0.39 is 0 Å². The zero-order chi connectivity index (χ0) is 26.5. The van der Waals surface area contributed by atoms with Gasteiger partial charge in [0.2, 0.25) is 0 Å². The number of amides is 1. The minimum Gasteiger partial charge on any atom is -0.487 e. The Kier molecular flexibility index (Phi) is 8.09. The van der Waals surface area contributed by atoms with Gasteiger partial charge in [-0.2, -0.15) is 5.26 Å². The van der Waals surface area contributed by atoms with Gasteiger partial charge in [0.05, 0.1) is 22.2 Å². The fourth-order valence-corrected chi connectivity index (χ4v) is 6.17. The molecule has 3 aromatic carbocycles. The summed E-state index contributed by atoms with van der Waals surface area (Å²) in [5, 5.41) is 13.5. The highest BCUT2D eigenvalue weighted by atomic mass is 35.5. The maximum absolute atomic E-state index is 13.4. The van der Waals surface area contributed by atoms with Gasteiger partial charge in [-0.1, -0.05) is 53.5 Å². The number of hydrogen-bond acceptors (Lipinski definition) is 5. The standard InChI is InChI=1S/C30H23Cl2N3O2S/c31-22-14-21(28(25(32)15-22)37-18-20-12-10-19(16-33)11-13-20)17-34-30-27(24-8-4-5-9-26(24)38-30)29(36)35-23-6-2-1-3-7-23/h1-3,6-7,10-15,17H,4-5,8-9,18H2,(H,35,36). The molecule has 4 aromatic rings. The van der Waals surface area contributed by atoms with E-state index in [1.54, 1.807) is 41.8 Å². The first kappa shape index (κ1) is 26.0. The number of benzene rings is 3. The van der Waals surface area contributed by atoms with Gasteiger partial charge in [-0.05, 0) is 73.2 Å². The molecule has 5 nitrogen and oxygen atoms in total. The lowest BCUT2D eigenvalue weighted by atomic mass is 9.95. The van der Waals surface area contributed by atoms with Crippen molar-refractivity contribution in [1.82, 2.24) is 0 Å². The van der Waals surface area contributed by atoms with E-state index in [4.69, 9.17) is 38.2 Å². The third-order valence-electron chi connectivity index (χ3n) is 6.24. The van der Waals surface area contributed by atoms with Crippen LogP contribution in [0.2, 0.25) is 10.0 Å². The molecule has 190 valence electrons. The van der Waals surface area contributed by atoms with Crippen molar-refractivity contribution in [1.29, 1.82) is 5.26 Å². The first-order valence-corrected chi connectivity index (χ1v) is 13.7. The van der Waals surface area contributed by atoms with Gasteiger partial charge in [-0.25, -0.2) is 4.99 Å². The van der Waals surface area contributed by atoms with Gasteiger partial charge in [0.25, 0.3) is 5.91 Å². The number of ether oxygens (including phenoxy) is 1. The Morgan fingerprint density at radius 1 is 1.08 bits per heavy atom. The third kappa shape index (κ3) is 5.92. The van der Waals surface area contributed by atoms with Crippen LogP contribution in [0.3, 0.4) is 0 Å². The SMILES string of the molecule is N#Cc1ccc(COc2c(Cl)cc(Cl)cc2C=Nc2sc3c(c2C(=O)Nc2ccccc2)CCCC3)cc1. The number of halogens is 2. The van der Waals surface area contributed by atoms with E-state index in [2.05, 4.69) is 11.4 Å². The van der Waals surface area contributed by atoms with Gasteiger partial charge in [0.15, 0.2) is 0 Å². The lowest BCUT2D eigenvalue weighted by Gasteiger charge is -2.13. The second kappa shape index (κ2) is 11.8. The molecule has 5 rings (SSSR count). The van der Waals surface area contributed by atoms with Crippen molar-refractivity contribution in [3.8, 4) is 11.8 Å². The average molecular weight is 561 g/mol. The van der Waals surface area contributed by atoms with Crippen LogP contribution in [0.15, 0.2) is 71.7 Å². The number of thiophene rings is 1. The van der Waals surface area contributed by atoms with E-state index in [1.807, 2.05) is 42.5 Å². The van der Waals surface area contributed by atoms with E-state index in [1.165, 1.54) is 4.88 Å². The van der Waals surface area contributed by atoms with E-state index in [-0.39, 0.29) is 12.5 Å². The van der Waals surface area contributed by atoms with Crippen molar-refractivity contribution in [2.45, 2.75) is 32.3 Å². The number of para-hydroxylation sites is 1. The molecule has 1 amide bonds. The zero-order valence-electron chi connectivity index (χ0n) is 20.3. The highest BCUT2D eigenvalue weighted by Gasteiger charge is 2.25. The van der Waals surface area contributed by atoms with Gasteiger partial charge in [-0.3, -0.25) is 4.79 Å². The van der Waals surface area contributed by atoms with E-state index in [9.17, 15) is 4.79 Å². The van der Waals surface area contributed by atoms with Crippen LogP contribution in [0, 0.1) is 11.3 Å². The van der Waals surface area contributed by atoms with Gasteiger partial charge >= 0.3 is 0 Å². The van der Waals surface area contributed by atoms with Crippen LogP contribution in [0.1, 0.15) is 50.3 Å². The highest BCUT2D eigenvalue weighted by molar-refractivity contribution is 7.16. The topological polar surface area (TPSA) is 74.5 Å². The maximum Gasteiger partial charge on any atom is 0.259 e. The Morgan fingerprint density at radius 3 is 2.61 bits per heavy atom. The van der Waals surface area contributed by atoms with Crippen LogP contribution >= 0.6 is 34.5 Å². The molecule has 0 bridgehead atoms. The summed E-state index contributed by atoms with van der Waals surface area (Å²) in [7, 11) is 0. The number of rotatable bonds is 7. The monoisotopic (exact) mass is 559 g/mol. The molecule has 0 atom stereocenters. The lowest BCUT2D eigenvalue weighted by molar-refractivity contribution is 0.102. The maximum atomic E-state index is 13.4. The summed E-state index contributed by atoms with van der Waals surface area (Å²) in [5.41, 5.74) is 4.53. The molecule has 0 fully saturated rings. The molecule has 1 aliphatic carbocycles. The largest absolute Gasteiger partial charge is 0.487 e. The zero-order valence-corrected chi connectivity index (χ0v) is 22.7. The normalized spacial score (nSPS) is 12.7. The fraction of sp³-hybridized carbons (Fsp3) is 0.167. The Balaban J connectivity index is 1.45. The van der Waals surface area contributed by atoms with Crippen molar-refractivity contribution >= 4 is 57.3 Å². The molecule has 1 N–H and O–H groups in total. The molecule has 0 saturated carbocycles. The van der Waals surface area contributed by atoms with Crippen LogP contribution in [-0.4, -0.2) is 12.1 Å². The molecule has 8 heteroatoms. The summed E-state index contributed by atoms with van der Waals surface area (Å²) in [6, 6.07) is 22.0. The number of nitrogens with one attached hydrogen (secondary N) is 1. The van der Waals surface area contributed by atoms with Crippen molar-refractivity contribution in [2.75, 3.05) is 5.32 Å². The molecule has 0 spiro atoms. The minimum atomic E-state index is -0.163. The Hall–Kier alpha value is -3.63. The summed E-state index contributed by atoms with van der Waals surface area (Å²) < 4.78 is 6.07. The first-order chi connectivity index (χ1) is 18.5. The summed E-state index contributed by atoms with van der Waals surface area (Å²) in [5.74, 6) is 0.282. The summed E-state index contributed by atoms with van der Waals surface area (Å²) in [6.45, 7) is 0.256. The van der Waals surface area contributed by atoms with Crippen LogP contribution in [0.25, 0.3) is 0 Å². The molecule has 0 aliphatic heterocycles. The van der Waals surface area contributed by atoms with E-state index in [0.29, 0.717) is 37.5 Å². The lowest BCUT2D eigenvalue weighted by Crippen LogP contribution is -2.14. The number of nitriles is 1. The second-order valence-electron chi connectivity index (χ2n) is 8.87. The number of aliphatic imine (C=N–C) groups is 1. The Bertz CT molecular complexity index is 1540. The molecule has 38 heavy (non-hydrogen) atoms. The van der Waals surface area contributed by atoms with Gasteiger partial charge < -0.3 is 10.1 Å². The number of anilines is 1. The van der Waals surface area contributed by atoms with Crippen LogP contribution in [0.4, 0.5) is 10.7 Å². The minimum absolute atomic E-state index is 0.163. The average Bonchev–Trinajstić information content (AvgIpc) is 3.30.